The van der Waals surface area contributed by atoms with Crippen molar-refractivity contribution in [1.82, 2.24) is 19.6 Å². The predicted molar refractivity (Wildman–Crippen MR) is 213 cm³/mol. The lowest BCUT2D eigenvalue weighted by atomic mass is 9.95. The summed E-state index contributed by atoms with van der Waals surface area (Å²) < 4.78 is 0. The number of amides is 2. The van der Waals surface area contributed by atoms with Gasteiger partial charge in [0.15, 0.2) is 0 Å². The van der Waals surface area contributed by atoms with Crippen LogP contribution in [0.3, 0.4) is 0 Å². The molecule has 0 aromatic heterocycles. The molecule has 0 radical (unpaired) electrons. The molecule has 0 spiro atoms. The Morgan fingerprint density at radius 1 is 0.529 bits per heavy atom. The van der Waals surface area contributed by atoms with Crippen LogP contribution >= 0.6 is 40.2 Å². The van der Waals surface area contributed by atoms with E-state index in [4.69, 9.17) is 23.2 Å². The second kappa shape index (κ2) is 17.8. The molecule has 7 rings (SSSR count). The first-order chi connectivity index (χ1) is 24.4. The molecule has 8 nitrogen and oxygen atoms in total. The Morgan fingerprint density at radius 2 is 0.902 bits per heavy atom. The van der Waals surface area contributed by atoms with E-state index in [1.807, 2.05) is 36.4 Å². The van der Waals surface area contributed by atoms with Gasteiger partial charge in [-0.05, 0) is 74.2 Å². The SMILES string of the molecule is Br.O=C(C1CCCN(Cc2ccc(CN3CCCC(C(=O)N4CCN(c5ccccc5Cl)CC4)C3)cc2)C1)N1CCN(c2ccccc2Cl)CC1. The molecule has 4 aliphatic rings. The Morgan fingerprint density at radius 3 is 1.27 bits per heavy atom. The second-order valence-electron chi connectivity index (χ2n) is 14.5. The van der Waals surface area contributed by atoms with E-state index in [1.54, 1.807) is 0 Å². The number of likely N-dealkylation sites (tertiary alicyclic amines) is 2. The number of hydrogen-bond acceptors (Lipinski definition) is 6. The standard InChI is InChI=1S/C40H50Cl2N6O2.BrH/c41-35-9-1-3-11-37(35)45-19-23-47(24-20-45)39(49)33-7-5-17-43(29-33)27-31-13-15-32(16-14-31)28-44-18-6-8-34(30-44)40(50)48-25-21-46(22-26-48)38-12-4-2-10-36(38)42;/h1-4,9-16,33-34H,5-8,17-30H2;1H. The van der Waals surface area contributed by atoms with E-state index in [-0.39, 0.29) is 28.8 Å². The van der Waals surface area contributed by atoms with Gasteiger partial charge >= 0.3 is 0 Å². The van der Waals surface area contributed by atoms with Gasteiger partial charge in [-0.3, -0.25) is 19.4 Å². The lowest BCUT2D eigenvalue weighted by Gasteiger charge is -2.40. The van der Waals surface area contributed by atoms with Crippen LogP contribution in [-0.4, -0.2) is 110 Å². The van der Waals surface area contributed by atoms with Gasteiger partial charge in [-0.2, -0.15) is 0 Å². The maximum Gasteiger partial charge on any atom is 0.227 e. The van der Waals surface area contributed by atoms with Crippen molar-refractivity contribution in [2.75, 3.05) is 88.3 Å². The summed E-state index contributed by atoms with van der Waals surface area (Å²) in [5.74, 6) is 0.745. The number of halogens is 3. The topological polar surface area (TPSA) is 53.6 Å². The van der Waals surface area contributed by atoms with Crippen LogP contribution in [0.25, 0.3) is 0 Å². The maximum atomic E-state index is 13.5. The fraction of sp³-hybridized carbons (Fsp3) is 0.500. The van der Waals surface area contributed by atoms with Gasteiger partial charge in [-0.25, -0.2) is 0 Å². The Balaban J connectivity index is 0.00000448. The minimum atomic E-state index is 0. The molecule has 3 aromatic carbocycles. The number of anilines is 2. The molecule has 0 N–H and O–H groups in total. The van der Waals surface area contributed by atoms with E-state index in [9.17, 15) is 9.59 Å². The van der Waals surface area contributed by atoms with Crippen LogP contribution in [0.1, 0.15) is 36.8 Å². The molecule has 2 atom stereocenters. The van der Waals surface area contributed by atoms with Gasteiger partial charge in [-0.15, -0.1) is 17.0 Å². The summed E-state index contributed by atoms with van der Waals surface area (Å²) >= 11 is 12.9. The van der Waals surface area contributed by atoms with Crippen LogP contribution < -0.4 is 9.80 Å². The third-order valence-electron chi connectivity index (χ3n) is 11.1. The van der Waals surface area contributed by atoms with E-state index in [0.717, 1.165) is 139 Å². The second-order valence-corrected chi connectivity index (χ2v) is 15.3. The highest BCUT2D eigenvalue weighted by atomic mass is 79.9. The summed E-state index contributed by atoms with van der Waals surface area (Å²) in [7, 11) is 0. The molecule has 11 heteroatoms. The first-order valence-corrected chi connectivity index (χ1v) is 19.3. The molecule has 0 aliphatic carbocycles. The Labute approximate surface area is 324 Å². The number of carbonyl (C=O) groups excluding carboxylic acids is 2. The third kappa shape index (κ3) is 9.41. The molecule has 2 amide bonds. The van der Waals surface area contributed by atoms with Crippen molar-refractivity contribution in [3.05, 3.63) is 94.0 Å². The lowest BCUT2D eigenvalue weighted by Crippen LogP contribution is -2.52. The van der Waals surface area contributed by atoms with Crippen LogP contribution in [0.4, 0.5) is 11.4 Å². The monoisotopic (exact) mass is 796 g/mol. The largest absolute Gasteiger partial charge is 0.367 e. The summed E-state index contributed by atoms with van der Waals surface area (Å²) in [5.41, 5.74) is 4.69. The van der Waals surface area contributed by atoms with Gasteiger partial charge in [0, 0.05) is 78.5 Å². The van der Waals surface area contributed by atoms with Crippen molar-refractivity contribution in [3.8, 4) is 0 Å². The molecule has 274 valence electrons. The highest BCUT2D eigenvalue weighted by Crippen LogP contribution is 2.29. The average Bonchev–Trinajstić information content (AvgIpc) is 3.16. The summed E-state index contributed by atoms with van der Waals surface area (Å²) in [5, 5.41) is 1.54. The van der Waals surface area contributed by atoms with Crippen molar-refractivity contribution in [2.24, 2.45) is 11.8 Å². The fourth-order valence-electron chi connectivity index (χ4n) is 8.34. The molecule has 4 aliphatic heterocycles. The maximum absolute atomic E-state index is 13.5. The van der Waals surface area contributed by atoms with Gasteiger partial charge in [0.05, 0.1) is 33.3 Å². The molecule has 4 heterocycles. The molecule has 0 saturated carbocycles. The summed E-state index contributed by atoms with van der Waals surface area (Å²) in [6.07, 6.45) is 4.05. The van der Waals surface area contributed by atoms with E-state index < -0.39 is 0 Å². The van der Waals surface area contributed by atoms with E-state index in [1.165, 1.54) is 11.1 Å². The van der Waals surface area contributed by atoms with Crippen molar-refractivity contribution < 1.29 is 9.59 Å². The van der Waals surface area contributed by atoms with E-state index in [0.29, 0.717) is 11.8 Å². The van der Waals surface area contributed by atoms with Crippen LogP contribution in [0.2, 0.25) is 10.0 Å². The highest BCUT2D eigenvalue weighted by molar-refractivity contribution is 8.93. The lowest BCUT2D eigenvalue weighted by molar-refractivity contribution is -0.138. The number of para-hydroxylation sites is 2. The number of rotatable bonds is 8. The first-order valence-electron chi connectivity index (χ1n) is 18.5. The minimum Gasteiger partial charge on any atom is -0.367 e. The van der Waals surface area contributed by atoms with Gasteiger partial charge in [0.2, 0.25) is 11.8 Å². The van der Waals surface area contributed by atoms with Crippen molar-refractivity contribution in [2.45, 2.75) is 38.8 Å². The Kier molecular flexibility index (Phi) is 13.2. The van der Waals surface area contributed by atoms with Crippen LogP contribution in [0.5, 0.6) is 0 Å². The van der Waals surface area contributed by atoms with Crippen molar-refractivity contribution in [1.29, 1.82) is 0 Å². The number of benzene rings is 3. The van der Waals surface area contributed by atoms with Gasteiger partial charge in [-0.1, -0.05) is 71.7 Å². The Hall–Kier alpha value is -2.82. The molecular formula is C40H51BrCl2N6O2. The summed E-state index contributed by atoms with van der Waals surface area (Å²) in [4.78, 5) is 40.7. The average molecular weight is 799 g/mol. The fourth-order valence-corrected chi connectivity index (χ4v) is 8.85. The summed E-state index contributed by atoms with van der Waals surface area (Å²) in [6.45, 7) is 11.7. The molecule has 0 bridgehead atoms. The molecule has 3 aromatic rings. The van der Waals surface area contributed by atoms with E-state index >= 15 is 0 Å². The molecule has 4 fully saturated rings. The van der Waals surface area contributed by atoms with Gasteiger partial charge < -0.3 is 19.6 Å². The molecular weight excluding hydrogens is 747 g/mol. The van der Waals surface area contributed by atoms with Crippen molar-refractivity contribution >= 4 is 63.4 Å². The zero-order valence-electron chi connectivity index (χ0n) is 29.5. The van der Waals surface area contributed by atoms with Gasteiger partial charge in [0.25, 0.3) is 0 Å². The van der Waals surface area contributed by atoms with Crippen molar-refractivity contribution in [3.63, 3.8) is 0 Å². The Bertz CT molecular complexity index is 1490. The number of nitrogens with zero attached hydrogens (tertiary/aromatic N) is 6. The quantitative estimate of drug-likeness (QED) is 0.253. The molecule has 4 saturated heterocycles. The molecule has 51 heavy (non-hydrogen) atoms. The van der Waals surface area contributed by atoms with Crippen LogP contribution in [0.15, 0.2) is 72.8 Å². The number of carbonyl (C=O) groups is 2. The predicted octanol–water partition coefficient (Wildman–Crippen LogP) is 6.69. The molecule has 2 unspecified atom stereocenters. The smallest absolute Gasteiger partial charge is 0.227 e. The summed E-state index contributed by atoms with van der Waals surface area (Å²) in [6, 6.07) is 24.9. The number of hydrogen-bond donors (Lipinski definition) is 0. The van der Waals surface area contributed by atoms with E-state index in [2.05, 4.69) is 65.8 Å². The zero-order chi connectivity index (χ0) is 34.5. The number of piperazine rings is 2. The minimum absolute atomic E-state index is 0. The normalized spacial score (nSPS) is 22.1. The van der Waals surface area contributed by atoms with Crippen LogP contribution in [-0.2, 0) is 22.7 Å². The highest BCUT2D eigenvalue weighted by Gasteiger charge is 2.33. The first kappa shape index (κ1) is 37.9. The third-order valence-corrected chi connectivity index (χ3v) is 11.8. The number of piperidine rings is 2. The van der Waals surface area contributed by atoms with Gasteiger partial charge in [0.1, 0.15) is 0 Å². The zero-order valence-corrected chi connectivity index (χ0v) is 32.7. The van der Waals surface area contributed by atoms with Crippen LogP contribution in [0, 0.1) is 11.8 Å².